The van der Waals surface area contributed by atoms with Crippen LogP contribution in [0.4, 0.5) is 15.3 Å². The number of anilines is 1. The molecule has 32 heavy (non-hydrogen) atoms. The van der Waals surface area contributed by atoms with Crippen molar-refractivity contribution in [2.75, 3.05) is 17.2 Å². The van der Waals surface area contributed by atoms with E-state index >= 15 is 0 Å². The van der Waals surface area contributed by atoms with Crippen LogP contribution < -0.4 is 20.7 Å². The van der Waals surface area contributed by atoms with Crippen molar-refractivity contribution in [3.63, 3.8) is 0 Å². The highest BCUT2D eigenvalue weighted by Crippen LogP contribution is 2.34. The smallest absolute Gasteiger partial charge is 0.409 e. The lowest BCUT2D eigenvalue weighted by molar-refractivity contribution is -0.115. The molecule has 0 saturated carbocycles. The number of hydrogen-bond donors (Lipinski definition) is 2. The Morgan fingerprint density at radius 3 is 2.59 bits per heavy atom. The molecule has 0 aromatic heterocycles. The molecule has 0 unspecified atom stereocenters. The summed E-state index contributed by atoms with van der Waals surface area (Å²) < 4.78 is 4.79. The predicted octanol–water partition coefficient (Wildman–Crippen LogP) is 3.96. The van der Waals surface area contributed by atoms with Crippen LogP contribution in [0.1, 0.15) is 36.5 Å². The quantitative estimate of drug-likeness (QED) is 0.686. The number of rotatable bonds is 6. The van der Waals surface area contributed by atoms with Gasteiger partial charge in [-0.3, -0.25) is 9.69 Å². The zero-order valence-electron chi connectivity index (χ0n) is 18.3. The van der Waals surface area contributed by atoms with Gasteiger partial charge in [0.25, 0.3) is 0 Å². The van der Waals surface area contributed by atoms with Gasteiger partial charge in [0.15, 0.2) is 5.17 Å². The highest BCUT2D eigenvalue weighted by atomic mass is 32.2. The number of amidine groups is 1. The standard InChI is InChI=1S/C23H26N4O4S/c1-14(2)18-9-4-15(3)12-19(18)27-20(28)13-32-23(27)26-22(30)25-11-10-16-5-7-17(8-6-16)31-21(24)29/h4-9,12,14H,10-11,13H2,1-3H3,(H2,24,29)(H,25,30). The van der Waals surface area contributed by atoms with E-state index in [1.54, 1.807) is 29.2 Å². The first-order valence-corrected chi connectivity index (χ1v) is 11.2. The van der Waals surface area contributed by atoms with Crippen LogP contribution >= 0.6 is 11.8 Å². The van der Waals surface area contributed by atoms with E-state index in [1.165, 1.54) is 11.8 Å². The van der Waals surface area contributed by atoms with Crippen LogP contribution in [0, 0.1) is 6.92 Å². The molecule has 4 amide bonds. The number of nitrogens with zero attached hydrogens (tertiary/aromatic N) is 2. The minimum absolute atomic E-state index is 0.0904. The number of carbonyl (C=O) groups is 3. The Bertz CT molecular complexity index is 1050. The van der Waals surface area contributed by atoms with E-state index < -0.39 is 12.1 Å². The fourth-order valence-electron chi connectivity index (χ4n) is 3.30. The summed E-state index contributed by atoms with van der Waals surface area (Å²) in [6.07, 6.45) is -0.300. The van der Waals surface area contributed by atoms with Crippen LogP contribution in [0.5, 0.6) is 5.75 Å². The van der Waals surface area contributed by atoms with E-state index in [4.69, 9.17) is 10.5 Å². The van der Waals surface area contributed by atoms with E-state index in [9.17, 15) is 14.4 Å². The van der Waals surface area contributed by atoms with E-state index in [-0.39, 0.29) is 17.6 Å². The number of hydrogen-bond acceptors (Lipinski definition) is 5. The van der Waals surface area contributed by atoms with Gasteiger partial charge in [-0.1, -0.05) is 49.9 Å². The largest absolute Gasteiger partial charge is 0.411 e. The van der Waals surface area contributed by atoms with Crippen LogP contribution in [-0.4, -0.2) is 35.5 Å². The molecule has 0 atom stereocenters. The average Bonchev–Trinajstić information content (AvgIpc) is 3.08. The second kappa shape index (κ2) is 10.3. The summed E-state index contributed by atoms with van der Waals surface area (Å²) in [6.45, 7) is 6.47. The number of aryl methyl sites for hydroxylation is 1. The number of aliphatic imine (C=N–C) groups is 1. The van der Waals surface area contributed by atoms with Gasteiger partial charge in [-0.25, -0.2) is 9.59 Å². The van der Waals surface area contributed by atoms with Crippen LogP contribution in [-0.2, 0) is 11.2 Å². The molecule has 0 aliphatic carbocycles. The molecule has 1 fully saturated rings. The average molecular weight is 455 g/mol. The second-order valence-corrected chi connectivity index (χ2v) is 8.62. The number of urea groups is 1. The summed E-state index contributed by atoms with van der Waals surface area (Å²) in [5.74, 6) is 0.736. The van der Waals surface area contributed by atoms with Crippen LogP contribution in [0.3, 0.4) is 0 Å². The molecule has 3 rings (SSSR count). The summed E-state index contributed by atoms with van der Waals surface area (Å²) in [5, 5.41) is 3.14. The summed E-state index contributed by atoms with van der Waals surface area (Å²) in [7, 11) is 0. The van der Waals surface area contributed by atoms with Gasteiger partial charge in [0.05, 0.1) is 11.4 Å². The number of ether oxygens (including phenoxy) is 1. The van der Waals surface area contributed by atoms with Gasteiger partial charge in [0.1, 0.15) is 5.75 Å². The maximum atomic E-state index is 12.6. The maximum absolute atomic E-state index is 12.6. The Morgan fingerprint density at radius 2 is 1.94 bits per heavy atom. The summed E-state index contributed by atoms with van der Waals surface area (Å²) >= 11 is 1.26. The van der Waals surface area contributed by atoms with Crippen LogP contribution in [0.2, 0.25) is 0 Å². The lowest BCUT2D eigenvalue weighted by atomic mass is 9.99. The molecule has 2 aromatic carbocycles. The first-order valence-electron chi connectivity index (χ1n) is 10.2. The Hall–Kier alpha value is -3.33. The molecule has 1 aliphatic rings. The van der Waals surface area contributed by atoms with Crippen molar-refractivity contribution in [2.45, 2.75) is 33.1 Å². The molecule has 1 saturated heterocycles. The molecule has 0 bridgehead atoms. The number of thioether (sulfide) groups is 1. The monoisotopic (exact) mass is 454 g/mol. The van der Waals surface area contributed by atoms with Gasteiger partial charge < -0.3 is 15.8 Å². The molecule has 1 heterocycles. The Balaban J connectivity index is 1.65. The van der Waals surface area contributed by atoms with Crippen LogP contribution in [0.15, 0.2) is 47.5 Å². The van der Waals surface area contributed by atoms with E-state index in [1.807, 2.05) is 25.1 Å². The Kier molecular flexibility index (Phi) is 7.53. The highest BCUT2D eigenvalue weighted by Gasteiger charge is 2.32. The minimum Gasteiger partial charge on any atom is -0.411 e. The lowest BCUT2D eigenvalue weighted by Crippen LogP contribution is -2.32. The van der Waals surface area contributed by atoms with Crippen molar-refractivity contribution in [1.82, 2.24) is 5.32 Å². The normalized spacial score (nSPS) is 14.8. The molecule has 0 radical (unpaired) electrons. The summed E-state index contributed by atoms with van der Waals surface area (Å²) in [6, 6.07) is 12.3. The molecule has 2 aromatic rings. The third-order valence-electron chi connectivity index (χ3n) is 4.84. The molecule has 168 valence electrons. The Labute approximate surface area is 191 Å². The zero-order valence-corrected chi connectivity index (χ0v) is 19.1. The zero-order chi connectivity index (χ0) is 23.3. The fourth-order valence-corrected chi connectivity index (χ4v) is 4.16. The first-order chi connectivity index (χ1) is 15.2. The highest BCUT2D eigenvalue weighted by molar-refractivity contribution is 8.15. The number of amides is 4. The van der Waals surface area contributed by atoms with Crippen molar-refractivity contribution >= 4 is 40.6 Å². The van der Waals surface area contributed by atoms with Gasteiger partial charge in [-0.15, -0.1) is 0 Å². The minimum atomic E-state index is -0.868. The SMILES string of the molecule is Cc1ccc(C(C)C)c(N2C(=O)CSC2=NC(=O)NCCc2ccc(OC(N)=O)cc2)c1. The molecule has 1 aliphatic heterocycles. The lowest BCUT2D eigenvalue weighted by Gasteiger charge is -2.22. The fraction of sp³-hybridized carbons (Fsp3) is 0.304. The molecule has 0 spiro atoms. The van der Waals surface area contributed by atoms with E-state index in [2.05, 4.69) is 24.2 Å². The van der Waals surface area contributed by atoms with Crippen LogP contribution in [0.25, 0.3) is 0 Å². The molecular formula is C23H26N4O4S. The molecule has 3 N–H and O–H groups in total. The predicted molar refractivity (Wildman–Crippen MR) is 126 cm³/mol. The van der Waals surface area contributed by atoms with Crippen molar-refractivity contribution in [3.05, 3.63) is 59.2 Å². The molecule has 9 heteroatoms. The number of nitrogens with one attached hydrogen (secondary N) is 1. The number of primary amides is 1. The third-order valence-corrected chi connectivity index (χ3v) is 5.77. The Morgan fingerprint density at radius 1 is 1.22 bits per heavy atom. The molecular weight excluding hydrogens is 428 g/mol. The molecule has 8 nitrogen and oxygen atoms in total. The third kappa shape index (κ3) is 5.88. The maximum Gasteiger partial charge on any atom is 0.409 e. The number of carbonyl (C=O) groups excluding carboxylic acids is 3. The van der Waals surface area contributed by atoms with Crippen molar-refractivity contribution in [3.8, 4) is 5.75 Å². The number of benzene rings is 2. The topological polar surface area (TPSA) is 114 Å². The summed E-state index contributed by atoms with van der Waals surface area (Å²) in [5.41, 5.74) is 8.77. The van der Waals surface area contributed by atoms with Gasteiger partial charge in [0.2, 0.25) is 5.91 Å². The van der Waals surface area contributed by atoms with Gasteiger partial charge >= 0.3 is 12.1 Å². The van der Waals surface area contributed by atoms with Gasteiger partial charge in [-0.05, 0) is 54.2 Å². The van der Waals surface area contributed by atoms with E-state index in [0.717, 1.165) is 22.4 Å². The van der Waals surface area contributed by atoms with E-state index in [0.29, 0.717) is 23.9 Å². The van der Waals surface area contributed by atoms with Crippen molar-refractivity contribution < 1.29 is 19.1 Å². The first kappa shape index (κ1) is 23.3. The van der Waals surface area contributed by atoms with Gasteiger partial charge in [0, 0.05) is 6.54 Å². The summed E-state index contributed by atoms with van der Waals surface area (Å²) in [4.78, 5) is 41.5. The van der Waals surface area contributed by atoms with Crippen molar-refractivity contribution in [2.24, 2.45) is 10.7 Å². The van der Waals surface area contributed by atoms with Gasteiger partial charge in [-0.2, -0.15) is 4.99 Å². The number of nitrogens with two attached hydrogens (primary N) is 1. The van der Waals surface area contributed by atoms with Crippen molar-refractivity contribution in [1.29, 1.82) is 0 Å². The second-order valence-electron chi connectivity index (χ2n) is 7.68.